The molecule has 0 aliphatic carbocycles. The standard InChI is InChI=1S/C30H51N3O5/c1-10-12-19-31-27(35)26(23-15-17-24(34)18-16-23)33(22(6)14-13-20(3)4)28(36)25(21(5)11-2)32-29(37)38-30(7,8)9/h15-18,20-22,25-26,34H,10-14,19H2,1-9H3,(H,31,35)(H,32,37). The van der Waals surface area contributed by atoms with Crippen molar-refractivity contribution in [3.63, 3.8) is 0 Å². The van der Waals surface area contributed by atoms with Crippen molar-refractivity contribution in [3.05, 3.63) is 29.8 Å². The molecule has 8 nitrogen and oxygen atoms in total. The van der Waals surface area contributed by atoms with Crippen LogP contribution >= 0.6 is 0 Å². The predicted octanol–water partition coefficient (Wildman–Crippen LogP) is 5.94. The van der Waals surface area contributed by atoms with E-state index in [-0.39, 0.29) is 29.5 Å². The van der Waals surface area contributed by atoms with E-state index in [0.717, 1.165) is 19.3 Å². The first-order valence-corrected chi connectivity index (χ1v) is 14.1. The summed E-state index contributed by atoms with van der Waals surface area (Å²) in [5, 5.41) is 15.7. The highest BCUT2D eigenvalue weighted by Gasteiger charge is 2.40. The molecule has 1 aromatic carbocycles. The predicted molar refractivity (Wildman–Crippen MR) is 152 cm³/mol. The van der Waals surface area contributed by atoms with Gasteiger partial charge in [0.15, 0.2) is 0 Å². The van der Waals surface area contributed by atoms with Crippen LogP contribution in [0.2, 0.25) is 0 Å². The molecule has 38 heavy (non-hydrogen) atoms. The zero-order chi connectivity index (χ0) is 29.0. The van der Waals surface area contributed by atoms with Crippen molar-refractivity contribution in [1.29, 1.82) is 0 Å². The summed E-state index contributed by atoms with van der Waals surface area (Å²) >= 11 is 0. The van der Waals surface area contributed by atoms with Gasteiger partial charge < -0.3 is 25.4 Å². The van der Waals surface area contributed by atoms with Crippen molar-refractivity contribution in [1.82, 2.24) is 15.5 Å². The molecule has 0 radical (unpaired) electrons. The summed E-state index contributed by atoms with van der Waals surface area (Å²) in [6.45, 7) is 17.9. The molecule has 0 saturated heterocycles. The lowest BCUT2D eigenvalue weighted by Crippen LogP contribution is -2.57. The number of rotatable bonds is 14. The third-order valence-corrected chi connectivity index (χ3v) is 6.61. The SMILES string of the molecule is CCCCNC(=O)C(c1ccc(O)cc1)N(C(=O)C(NC(=O)OC(C)(C)C)C(C)CC)C(C)CCC(C)C. The third kappa shape index (κ3) is 10.9. The highest BCUT2D eigenvalue weighted by molar-refractivity contribution is 5.92. The molecule has 216 valence electrons. The number of hydrogen-bond acceptors (Lipinski definition) is 5. The van der Waals surface area contributed by atoms with E-state index in [0.29, 0.717) is 30.9 Å². The van der Waals surface area contributed by atoms with E-state index in [1.165, 1.54) is 12.1 Å². The maximum Gasteiger partial charge on any atom is 0.408 e. The molecule has 1 rings (SSSR count). The van der Waals surface area contributed by atoms with Gasteiger partial charge in [-0.05, 0) is 76.5 Å². The zero-order valence-electron chi connectivity index (χ0n) is 25.0. The summed E-state index contributed by atoms with van der Waals surface area (Å²) in [7, 11) is 0. The maximum absolute atomic E-state index is 14.4. The third-order valence-electron chi connectivity index (χ3n) is 6.61. The van der Waals surface area contributed by atoms with Gasteiger partial charge in [-0.2, -0.15) is 0 Å². The van der Waals surface area contributed by atoms with Crippen molar-refractivity contribution >= 4 is 17.9 Å². The first-order valence-electron chi connectivity index (χ1n) is 14.1. The number of phenolic OH excluding ortho intramolecular Hbond substituents is 1. The molecule has 0 saturated carbocycles. The van der Waals surface area contributed by atoms with E-state index in [4.69, 9.17) is 4.74 Å². The largest absolute Gasteiger partial charge is 0.508 e. The summed E-state index contributed by atoms with van der Waals surface area (Å²) in [5.41, 5.74) is -0.118. The highest BCUT2D eigenvalue weighted by atomic mass is 16.6. The number of aromatic hydroxyl groups is 1. The summed E-state index contributed by atoms with van der Waals surface area (Å²) < 4.78 is 5.48. The lowest BCUT2D eigenvalue weighted by Gasteiger charge is -2.40. The molecule has 3 amide bonds. The topological polar surface area (TPSA) is 108 Å². The van der Waals surface area contributed by atoms with Crippen molar-refractivity contribution in [2.24, 2.45) is 11.8 Å². The van der Waals surface area contributed by atoms with Crippen molar-refractivity contribution in [3.8, 4) is 5.75 Å². The minimum atomic E-state index is -0.922. The molecule has 8 heteroatoms. The normalized spacial score (nSPS) is 14.8. The number of carbonyl (C=O) groups excluding carboxylic acids is 3. The highest BCUT2D eigenvalue weighted by Crippen LogP contribution is 2.30. The first kappa shape index (κ1) is 33.3. The van der Waals surface area contributed by atoms with Crippen molar-refractivity contribution in [2.75, 3.05) is 6.54 Å². The van der Waals surface area contributed by atoms with Gasteiger partial charge in [0, 0.05) is 12.6 Å². The Hall–Kier alpha value is -2.77. The molecule has 0 aliphatic heterocycles. The number of benzene rings is 1. The average Bonchev–Trinajstić information content (AvgIpc) is 2.83. The van der Waals surface area contributed by atoms with Gasteiger partial charge in [0.1, 0.15) is 23.4 Å². The molecule has 1 aromatic rings. The Bertz CT molecular complexity index is 879. The first-order chi connectivity index (χ1) is 17.7. The van der Waals surface area contributed by atoms with Gasteiger partial charge in [-0.1, -0.05) is 59.6 Å². The zero-order valence-corrected chi connectivity index (χ0v) is 25.0. The molecule has 0 aromatic heterocycles. The van der Waals surface area contributed by atoms with Crippen LogP contribution in [-0.4, -0.2) is 52.1 Å². The van der Waals surface area contributed by atoms with E-state index in [2.05, 4.69) is 24.5 Å². The van der Waals surface area contributed by atoms with Crippen LogP contribution in [0.1, 0.15) is 106 Å². The van der Waals surface area contributed by atoms with Crippen molar-refractivity contribution < 1.29 is 24.2 Å². The van der Waals surface area contributed by atoms with E-state index >= 15 is 0 Å². The van der Waals surface area contributed by atoms with Crippen LogP contribution in [0.25, 0.3) is 0 Å². The van der Waals surface area contributed by atoms with Gasteiger partial charge in [0.05, 0.1) is 0 Å². The Balaban J connectivity index is 3.59. The van der Waals surface area contributed by atoms with Crippen LogP contribution in [0.15, 0.2) is 24.3 Å². The van der Waals surface area contributed by atoms with E-state index < -0.39 is 23.8 Å². The number of alkyl carbamates (subject to hydrolysis) is 1. The lowest BCUT2D eigenvalue weighted by molar-refractivity contribution is -0.146. The van der Waals surface area contributed by atoms with E-state index in [1.54, 1.807) is 37.8 Å². The number of amides is 3. The number of nitrogens with zero attached hydrogens (tertiary/aromatic N) is 1. The Morgan fingerprint density at radius 1 is 1.00 bits per heavy atom. The minimum absolute atomic E-state index is 0.0775. The Labute approximate surface area is 229 Å². The number of ether oxygens (including phenoxy) is 1. The van der Waals surface area contributed by atoms with Crippen LogP contribution in [0.4, 0.5) is 4.79 Å². The summed E-state index contributed by atoms with van der Waals surface area (Å²) in [5.74, 6) is -0.309. The Morgan fingerprint density at radius 3 is 2.11 bits per heavy atom. The molecule has 0 aliphatic rings. The second-order valence-corrected chi connectivity index (χ2v) is 11.7. The number of hydrogen-bond donors (Lipinski definition) is 3. The molecule has 4 unspecified atom stereocenters. The molecular formula is C30H51N3O5. The molecule has 0 fully saturated rings. The Morgan fingerprint density at radius 2 is 1.61 bits per heavy atom. The average molecular weight is 534 g/mol. The second-order valence-electron chi connectivity index (χ2n) is 11.7. The molecule has 0 spiro atoms. The van der Waals surface area contributed by atoms with Crippen molar-refractivity contribution in [2.45, 2.75) is 118 Å². The minimum Gasteiger partial charge on any atom is -0.508 e. The van der Waals surface area contributed by atoms with Gasteiger partial charge in [0.25, 0.3) is 0 Å². The van der Waals surface area contributed by atoms with Crippen LogP contribution < -0.4 is 10.6 Å². The van der Waals surface area contributed by atoms with Crippen LogP contribution in [0.3, 0.4) is 0 Å². The van der Waals surface area contributed by atoms with Crippen LogP contribution in [0.5, 0.6) is 5.75 Å². The summed E-state index contributed by atoms with van der Waals surface area (Å²) in [6.07, 6.45) is 3.29. The molecular weight excluding hydrogens is 482 g/mol. The molecule has 4 atom stereocenters. The number of carbonyl (C=O) groups is 3. The van der Waals surface area contributed by atoms with Crippen LogP contribution in [0, 0.1) is 11.8 Å². The maximum atomic E-state index is 14.4. The van der Waals surface area contributed by atoms with Gasteiger partial charge in [0.2, 0.25) is 11.8 Å². The lowest BCUT2D eigenvalue weighted by atomic mass is 9.93. The van der Waals surface area contributed by atoms with E-state index in [1.807, 2.05) is 27.7 Å². The van der Waals surface area contributed by atoms with Gasteiger partial charge in [-0.3, -0.25) is 9.59 Å². The van der Waals surface area contributed by atoms with Gasteiger partial charge in [-0.25, -0.2) is 4.79 Å². The number of phenols is 1. The molecule has 0 bridgehead atoms. The fourth-order valence-electron chi connectivity index (χ4n) is 4.17. The fourth-order valence-corrected chi connectivity index (χ4v) is 4.17. The monoisotopic (exact) mass is 533 g/mol. The smallest absolute Gasteiger partial charge is 0.408 e. The molecule has 3 N–H and O–H groups in total. The number of unbranched alkanes of at least 4 members (excludes halogenated alkanes) is 1. The number of nitrogens with one attached hydrogen (secondary N) is 2. The fraction of sp³-hybridized carbons (Fsp3) is 0.700. The molecule has 0 heterocycles. The summed E-state index contributed by atoms with van der Waals surface area (Å²) in [6, 6.07) is 4.31. The van der Waals surface area contributed by atoms with Gasteiger partial charge in [-0.15, -0.1) is 0 Å². The van der Waals surface area contributed by atoms with E-state index in [9.17, 15) is 19.5 Å². The quantitative estimate of drug-likeness (QED) is 0.256. The summed E-state index contributed by atoms with van der Waals surface area (Å²) in [4.78, 5) is 42.5. The Kier molecular flexibility index (Phi) is 13.6. The second kappa shape index (κ2) is 15.6. The van der Waals surface area contributed by atoms with Gasteiger partial charge >= 0.3 is 6.09 Å². The van der Waals surface area contributed by atoms with Crippen LogP contribution in [-0.2, 0) is 14.3 Å².